The molecule has 1 fully saturated rings. The Bertz CT molecular complexity index is 614. The van der Waals surface area contributed by atoms with Gasteiger partial charge in [-0.05, 0) is 36.8 Å². The molecule has 0 radical (unpaired) electrons. The minimum atomic E-state index is -3.50. The predicted molar refractivity (Wildman–Crippen MR) is 88.6 cm³/mol. The topological polar surface area (TPSA) is 72.2 Å². The molecular formula is C15H22N2O2S2. The van der Waals surface area contributed by atoms with Crippen molar-refractivity contribution in [3.63, 3.8) is 0 Å². The molecule has 1 aromatic carbocycles. The second-order valence-corrected chi connectivity index (χ2v) is 8.09. The average Bonchev–Trinajstić information content (AvgIpc) is 2.45. The molecule has 4 nitrogen and oxygen atoms in total. The highest BCUT2D eigenvalue weighted by Crippen LogP contribution is 2.28. The molecule has 21 heavy (non-hydrogen) atoms. The van der Waals surface area contributed by atoms with E-state index in [1.54, 1.807) is 18.2 Å². The molecule has 0 spiro atoms. The van der Waals surface area contributed by atoms with Gasteiger partial charge in [0.15, 0.2) is 0 Å². The molecule has 6 heteroatoms. The summed E-state index contributed by atoms with van der Waals surface area (Å²) in [6.07, 6.45) is 4.62. The van der Waals surface area contributed by atoms with Crippen molar-refractivity contribution in [3.8, 4) is 0 Å². The van der Waals surface area contributed by atoms with Crippen LogP contribution in [0.1, 0.15) is 38.2 Å². The van der Waals surface area contributed by atoms with Gasteiger partial charge in [0, 0.05) is 12.1 Å². The molecule has 0 amide bonds. The Kier molecular flexibility index (Phi) is 5.35. The van der Waals surface area contributed by atoms with E-state index in [-0.39, 0.29) is 9.88 Å². The summed E-state index contributed by atoms with van der Waals surface area (Å²) in [4.78, 5) is 0.421. The van der Waals surface area contributed by atoms with Crippen LogP contribution >= 0.6 is 12.2 Å². The monoisotopic (exact) mass is 326 g/mol. The van der Waals surface area contributed by atoms with Gasteiger partial charge in [0.25, 0.3) is 0 Å². The largest absolute Gasteiger partial charge is 0.389 e. The van der Waals surface area contributed by atoms with Gasteiger partial charge >= 0.3 is 0 Å². The molecular weight excluding hydrogens is 304 g/mol. The van der Waals surface area contributed by atoms with Gasteiger partial charge in [0.1, 0.15) is 4.99 Å². The lowest BCUT2D eigenvalue weighted by atomic mass is 9.83. The van der Waals surface area contributed by atoms with Gasteiger partial charge in [0.2, 0.25) is 10.0 Å². The van der Waals surface area contributed by atoms with E-state index < -0.39 is 10.0 Å². The normalized spacial score (nSPS) is 22.9. The predicted octanol–water partition coefficient (Wildman–Crippen LogP) is 2.43. The first kappa shape index (κ1) is 16.4. The van der Waals surface area contributed by atoms with Gasteiger partial charge < -0.3 is 5.73 Å². The summed E-state index contributed by atoms with van der Waals surface area (Å²) in [6, 6.07) is 6.46. The van der Waals surface area contributed by atoms with Crippen LogP contribution in [0.3, 0.4) is 0 Å². The minimum absolute atomic E-state index is 0.202. The number of thiocarbonyl (C=S) groups is 1. The second-order valence-electron chi connectivity index (χ2n) is 5.88. The van der Waals surface area contributed by atoms with Crippen molar-refractivity contribution in [2.45, 2.75) is 37.5 Å². The Hall–Kier alpha value is -0.980. The van der Waals surface area contributed by atoms with E-state index in [9.17, 15) is 8.42 Å². The quantitative estimate of drug-likeness (QED) is 0.815. The minimum Gasteiger partial charge on any atom is -0.389 e. The zero-order valence-electron chi connectivity index (χ0n) is 12.2. The molecule has 1 aliphatic carbocycles. The standard InChI is InChI=1S/C15H22N2O2S2/c1-11-4-2-5-12(8-11)10-17-21(18,19)14-7-3-6-13(9-14)15(16)20/h3,6-7,9,11-12,17H,2,4-5,8,10H2,1H3,(H2,16,20). The van der Waals surface area contributed by atoms with Gasteiger partial charge in [-0.1, -0.05) is 44.1 Å². The smallest absolute Gasteiger partial charge is 0.240 e. The molecule has 0 saturated heterocycles. The van der Waals surface area contributed by atoms with Crippen LogP contribution in [-0.2, 0) is 10.0 Å². The van der Waals surface area contributed by atoms with Crippen LogP contribution in [-0.4, -0.2) is 20.0 Å². The van der Waals surface area contributed by atoms with Crippen molar-refractivity contribution in [2.75, 3.05) is 6.54 Å². The third-order valence-electron chi connectivity index (χ3n) is 4.04. The van der Waals surface area contributed by atoms with Gasteiger partial charge in [-0.2, -0.15) is 0 Å². The van der Waals surface area contributed by atoms with E-state index in [4.69, 9.17) is 18.0 Å². The first-order chi connectivity index (χ1) is 9.88. The Morgan fingerprint density at radius 1 is 1.43 bits per heavy atom. The summed E-state index contributed by atoms with van der Waals surface area (Å²) in [7, 11) is -3.50. The summed E-state index contributed by atoms with van der Waals surface area (Å²) in [5.41, 5.74) is 6.12. The number of hydrogen-bond donors (Lipinski definition) is 2. The first-order valence-corrected chi connectivity index (χ1v) is 9.17. The van der Waals surface area contributed by atoms with Gasteiger partial charge in [-0.25, -0.2) is 13.1 Å². The second kappa shape index (κ2) is 6.85. The fourth-order valence-electron chi connectivity index (χ4n) is 2.87. The average molecular weight is 326 g/mol. The van der Waals surface area contributed by atoms with E-state index in [1.165, 1.54) is 18.9 Å². The molecule has 3 N–H and O–H groups in total. The molecule has 2 atom stereocenters. The summed E-state index contributed by atoms with van der Waals surface area (Å²) in [5, 5.41) is 0. The van der Waals surface area contributed by atoms with Crippen molar-refractivity contribution in [1.29, 1.82) is 0 Å². The fraction of sp³-hybridized carbons (Fsp3) is 0.533. The van der Waals surface area contributed by atoms with Crippen LogP contribution in [0, 0.1) is 11.8 Å². The maximum Gasteiger partial charge on any atom is 0.240 e. The van der Waals surface area contributed by atoms with E-state index in [1.807, 2.05) is 0 Å². The van der Waals surface area contributed by atoms with Crippen molar-refractivity contribution in [3.05, 3.63) is 29.8 Å². The Labute approximate surface area is 132 Å². The Morgan fingerprint density at radius 2 is 2.19 bits per heavy atom. The Balaban J connectivity index is 2.04. The van der Waals surface area contributed by atoms with Crippen LogP contribution in [0.15, 0.2) is 29.2 Å². The molecule has 2 unspecified atom stereocenters. The third-order valence-corrected chi connectivity index (χ3v) is 5.69. The SMILES string of the molecule is CC1CCCC(CNS(=O)(=O)c2cccc(C(N)=S)c2)C1. The van der Waals surface area contributed by atoms with Gasteiger partial charge in [0.05, 0.1) is 4.90 Å². The highest BCUT2D eigenvalue weighted by molar-refractivity contribution is 7.89. The maximum atomic E-state index is 12.3. The fourth-order valence-corrected chi connectivity index (χ4v) is 4.16. The molecule has 1 aliphatic rings. The summed E-state index contributed by atoms with van der Waals surface area (Å²) in [5.74, 6) is 1.12. The van der Waals surface area contributed by atoms with Crippen molar-refractivity contribution in [1.82, 2.24) is 4.72 Å². The van der Waals surface area contributed by atoms with Crippen LogP contribution in [0.5, 0.6) is 0 Å². The zero-order chi connectivity index (χ0) is 15.5. The molecule has 1 saturated carbocycles. The van der Waals surface area contributed by atoms with Crippen LogP contribution in [0.4, 0.5) is 0 Å². The van der Waals surface area contributed by atoms with Crippen molar-refractivity contribution < 1.29 is 8.42 Å². The van der Waals surface area contributed by atoms with Crippen molar-refractivity contribution in [2.24, 2.45) is 17.6 Å². The van der Waals surface area contributed by atoms with E-state index in [2.05, 4.69) is 11.6 Å². The highest BCUT2D eigenvalue weighted by atomic mass is 32.2. The lowest BCUT2D eigenvalue weighted by molar-refractivity contribution is 0.283. The number of benzene rings is 1. The molecule has 1 aromatic rings. The highest BCUT2D eigenvalue weighted by Gasteiger charge is 2.22. The number of rotatable bonds is 5. The first-order valence-electron chi connectivity index (χ1n) is 7.28. The molecule has 0 heterocycles. The number of nitrogens with one attached hydrogen (secondary N) is 1. The molecule has 0 aromatic heterocycles. The van der Waals surface area contributed by atoms with Gasteiger partial charge in [-0.15, -0.1) is 0 Å². The lowest BCUT2D eigenvalue weighted by Gasteiger charge is -2.26. The Morgan fingerprint density at radius 3 is 2.86 bits per heavy atom. The summed E-state index contributed by atoms with van der Waals surface area (Å²) >= 11 is 4.89. The third kappa shape index (κ3) is 4.49. The summed E-state index contributed by atoms with van der Waals surface area (Å²) in [6.45, 7) is 2.73. The van der Waals surface area contributed by atoms with Crippen molar-refractivity contribution >= 4 is 27.2 Å². The van der Waals surface area contributed by atoms with Crippen LogP contribution in [0.25, 0.3) is 0 Å². The summed E-state index contributed by atoms with van der Waals surface area (Å²) < 4.78 is 27.4. The van der Waals surface area contributed by atoms with E-state index >= 15 is 0 Å². The maximum absolute atomic E-state index is 12.3. The van der Waals surface area contributed by atoms with E-state index in [0.717, 1.165) is 12.8 Å². The number of sulfonamides is 1. The lowest BCUT2D eigenvalue weighted by Crippen LogP contribution is -2.31. The molecule has 2 rings (SSSR count). The van der Waals surface area contributed by atoms with Crippen LogP contribution in [0.2, 0.25) is 0 Å². The molecule has 0 bridgehead atoms. The number of hydrogen-bond acceptors (Lipinski definition) is 3. The zero-order valence-corrected chi connectivity index (χ0v) is 13.8. The molecule has 0 aliphatic heterocycles. The van der Waals surface area contributed by atoms with E-state index in [0.29, 0.717) is 23.9 Å². The number of nitrogens with two attached hydrogens (primary N) is 1. The van der Waals surface area contributed by atoms with Crippen LogP contribution < -0.4 is 10.5 Å². The molecule has 116 valence electrons. The van der Waals surface area contributed by atoms with Gasteiger partial charge in [-0.3, -0.25) is 0 Å².